The van der Waals surface area contributed by atoms with Crippen molar-refractivity contribution in [2.45, 2.75) is 18.4 Å². The first-order chi connectivity index (χ1) is 12.2. The van der Waals surface area contributed by atoms with Crippen molar-refractivity contribution in [1.82, 2.24) is 0 Å². The molecule has 25 heavy (non-hydrogen) atoms. The van der Waals surface area contributed by atoms with E-state index >= 15 is 0 Å². The van der Waals surface area contributed by atoms with Crippen LogP contribution in [0.5, 0.6) is 0 Å². The molecule has 0 fully saturated rings. The average Bonchev–Trinajstić information content (AvgIpc) is 2.89. The van der Waals surface area contributed by atoms with E-state index in [1.807, 2.05) is 60.7 Å². The van der Waals surface area contributed by atoms with Crippen molar-refractivity contribution in [3.63, 3.8) is 0 Å². The lowest BCUT2D eigenvalue weighted by atomic mass is 9.85. The Morgan fingerprint density at radius 1 is 0.800 bits per heavy atom. The van der Waals surface area contributed by atoms with Gasteiger partial charge in [0.1, 0.15) is 0 Å². The summed E-state index contributed by atoms with van der Waals surface area (Å²) < 4.78 is 0. The number of rotatable bonds is 4. The van der Waals surface area contributed by atoms with Crippen molar-refractivity contribution in [3.05, 3.63) is 101 Å². The molecule has 3 nitrogen and oxygen atoms in total. The lowest BCUT2D eigenvalue weighted by Gasteiger charge is -2.22. The number of amides is 1. The first-order valence-corrected chi connectivity index (χ1v) is 8.41. The Kier molecular flexibility index (Phi) is 3.86. The Hall–Kier alpha value is -2.91. The summed E-state index contributed by atoms with van der Waals surface area (Å²) in [6.07, 6.45) is 1.04. The molecule has 1 aliphatic rings. The monoisotopic (exact) mass is 329 g/mol. The van der Waals surface area contributed by atoms with Crippen molar-refractivity contribution in [3.8, 4) is 0 Å². The molecule has 1 aliphatic heterocycles. The topological polar surface area (TPSA) is 49.3 Å². The zero-order valence-corrected chi connectivity index (χ0v) is 13.8. The third-order valence-electron chi connectivity index (χ3n) is 4.80. The highest BCUT2D eigenvalue weighted by atomic mass is 16.3. The third-order valence-corrected chi connectivity index (χ3v) is 4.80. The molecule has 1 unspecified atom stereocenters. The molecule has 1 amide bonds. The predicted molar refractivity (Wildman–Crippen MR) is 98.4 cm³/mol. The van der Waals surface area contributed by atoms with E-state index in [9.17, 15) is 9.90 Å². The fourth-order valence-corrected chi connectivity index (χ4v) is 3.47. The number of carbonyl (C=O) groups is 1. The SMILES string of the molecule is O=C1Nc2ccccc2C1(O)Cc1ccccc1Cc1ccccc1. The van der Waals surface area contributed by atoms with Gasteiger partial charge in [0.05, 0.1) is 0 Å². The molecule has 3 aromatic rings. The number of carbonyl (C=O) groups excluding carboxylic acids is 1. The van der Waals surface area contributed by atoms with Gasteiger partial charge in [-0.15, -0.1) is 0 Å². The summed E-state index contributed by atoms with van der Waals surface area (Å²) in [5.74, 6) is -0.358. The van der Waals surface area contributed by atoms with Gasteiger partial charge in [0.2, 0.25) is 0 Å². The van der Waals surface area contributed by atoms with E-state index in [1.165, 1.54) is 5.56 Å². The molecule has 0 aliphatic carbocycles. The standard InChI is InChI=1S/C22H19NO2/c24-21-22(25,19-12-6-7-13-20(19)23-21)15-18-11-5-4-10-17(18)14-16-8-2-1-3-9-16/h1-13,25H,14-15H2,(H,23,24). The second-order valence-corrected chi connectivity index (χ2v) is 6.47. The zero-order chi connectivity index (χ0) is 17.3. The zero-order valence-electron chi connectivity index (χ0n) is 13.8. The van der Waals surface area contributed by atoms with Crippen LogP contribution >= 0.6 is 0 Å². The Bertz CT molecular complexity index is 920. The van der Waals surface area contributed by atoms with E-state index in [0.717, 1.165) is 17.5 Å². The largest absolute Gasteiger partial charge is 0.375 e. The van der Waals surface area contributed by atoms with Crippen LogP contribution in [-0.4, -0.2) is 11.0 Å². The summed E-state index contributed by atoms with van der Waals surface area (Å²) in [5.41, 5.74) is 3.13. The summed E-state index contributed by atoms with van der Waals surface area (Å²) in [6.45, 7) is 0. The Balaban J connectivity index is 1.69. The van der Waals surface area contributed by atoms with Gasteiger partial charge in [-0.1, -0.05) is 72.8 Å². The first-order valence-electron chi connectivity index (χ1n) is 8.41. The number of hydrogen-bond donors (Lipinski definition) is 2. The Labute approximate surface area is 147 Å². The van der Waals surface area contributed by atoms with Crippen LogP contribution in [0.25, 0.3) is 0 Å². The van der Waals surface area contributed by atoms with Gasteiger partial charge in [-0.05, 0) is 29.2 Å². The molecule has 2 N–H and O–H groups in total. The van der Waals surface area contributed by atoms with Crippen molar-refractivity contribution < 1.29 is 9.90 Å². The number of anilines is 1. The smallest absolute Gasteiger partial charge is 0.261 e. The van der Waals surface area contributed by atoms with Crippen LogP contribution in [0.2, 0.25) is 0 Å². The number of nitrogens with one attached hydrogen (secondary N) is 1. The fourth-order valence-electron chi connectivity index (χ4n) is 3.47. The second-order valence-electron chi connectivity index (χ2n) is 6.47. The molecule has 0 saturated heterocycles. The third kappa shape index (κ3) is 2.83. The molecule has 0 spiro atoms. The van der Waals surface area contributed by atoms with Crippen LogP contribution in [0.15, 0.2) is 78.9 Å². The highest BCUT2D eigenvalue weighted by Crippen LogP contribution is 2.38. The first kappa shape index (κ1) is 15.6. The van der Waals surface area contributed by atoms with E-state index in [2.05, 4.69) is 23.5 Å². The molecule has 3 heteroatoms. The molecule has 1 heterocycles. The summed E-state index contributed by atoms with van der Waals surface area (Å²) >= 11 is 0. The average molecular weight is 329 g/mol. The van der Waals surface area contributed by atoms with Gasteiger partial charge in [-0.3, -0.25) is 4.79 Å². The number of para-hydroxylation sites is 1. The van der Waals surface area contributed by atoms with E-state index in [1.54, 1.807) is 0 Å². The lowest BCUT2D eigenvalue weighted by Crippen LogP contribution is -2.36. The predicted octanol–water partition coefficient (Wildman–Crippen LogP) is 3.66. The molecule has 0 saturated carbocycles. The van der Waals surface area contributed by atoms with Crippen LogP contribution < -0.4 is 5.32 Å². The van der Waals surface area contributed by atoms with Gasteiger partial charge in [-0.25, -0.2) is 0 Å². The van der Waals surface area contributed by atoms with Gasteiger partial charge >= 0.3 is 0 Å². The van der Waals surface area contributed by atoms with Crippen LogP contribution in [0, 0.1) is 0 Å². The molecule has 0 radical (unpaired) electrons. The molecule has 3 aromatic carbocycles. The Morgan fingerprint density at radius 2 is 1.44 bits per heavy atom. The maximum absolute atomic E-state index is 12.5. The molecule has 4 rings (SSSR count). The summed E-state index contributed by atoms with van der Waals surface area (Å²) in [7, 11) is 0. The van der Waals surface area contributed by atoms with Crippen LogP contribution in [0.4, 0.5) is 5.69 Å². The summed E-state index contributed by atoms with van der Waals surface area (Å²) in [4.78, 5) is 12.5. The highest BCUT2D eigenvalue weighted by Gasteiger charge is 2.45. The summed E-state index contributed by atoms with van der Waals surface area (Å²) in [6, 6.07) is 25.5. The summed E-state index contributed by atoms with van der Waals surface area (Å²) in [5, 5.41) is 13.9. The second kappa shape index (κ2) is 6.19. The highest BCUT2D eigenvalue weighted by molar-refractivity contribution is 6.05. The quantitative estimate of drug-likeness (QED) is 0.767. The van der Waals surface area contributed by atoms with Gasteiger partial charge in [0, 0.05) is 17.7 Å². The molecule has 1 atom stereocenters. The van der Waals surface area contributed by atoms with Crippen LogP contribution in [0.3, 0.4) is 0 Å². The molecular formula is C22H19NO2. The van der Waals surface area contributed by atoms with Crippen molar-refractivity contribution in [1.29, 1.82) is 0 Å². The van der Waals surface area contributed by atoms with Crippen molar-refractivity contribution in [2.24, 2.45) is 0 Å². The van der Waals surface area contributed by atoms with Crippen molar-refractivity contribution in [2.75, 3.05) is 5.32 Å². The van der Waals surface area contributed by atoms with Crippen LogP contribution in [-0.2, 0) is 23.2 Å². The fraction of sp³-hybridized carbons (Fsp3) is 0.136. The lowest BCUT2D eigenvalue weighted by molar-refractivity contribution is -0.133. The normalized spacial score (nSPS) is 18.7. The van der Waals surface area contributed by atoms with E-state index in [4.69, 9.17) is 0 Å². The minimum absolute atomic E-state index is 0.263. The molecule has 0 bridgehead atoms. The van der Waals surface area contributed by atoms with E-state index in [-0.39, 0.29) is 12.3 Å². The number of hydrogen-bond acceptors (Lipinski definition) is 2. The van der Waals surface area contributed by atoms with Crippen molar-refractivity contribution >= 4 is 11.6 Å². The van der Waals surface area contributed by atoms with Crippen LogP contribution in [0.1, 0.15) is 22.3 Å². The van der Waals surface area contributed by atoms with Gasteiger partial charge in [0.25, 0.3) is 5.91 Å². The van der Waals surface area contributed by atoms with Gasteiger partial charge in [-0.2, -0.15) is 0 Å². The Morgan fingerprint density at radius 3 is 2.24 bits per heavy atom. The minimum atomic E-state index is -1.52. The molecule has 0 aromatic heterocycles. The van der Waals surface area contributed by atoms with Gasteiger partial charge < -0.3 is 10.4 Å². The maximum Gasteiger partial charge on any atom is 0.261 e. The number of fused-ring (bicyclic) bond motifs is 1. The van der Waals surface area contributed by atoms with Gasteiger partial charge in [0.15, 0.2) is 5.60 Å². The minimum Gasteiger partial charge on any atom is -0.375 e. The number of benzene rings is 3. The van der Waals surface area contributed by atoms with E-state index in [0.29, 0.717) is 11.3 Å². The van der Waals surface area contributed by atoms with E-state index < -0.39 is 5.60 Å². The molecule has 124 valence electrons. The number of aliphatic hydroxyl groups is 1. The molecular weight excluding hydrogens is 310 g/mol. The maximum atomic E-state index is 12.5.